The molecule has 0 spiro atoms. The minimum atomic E-state index is -0.289. The van der Waals surface area contributed by atoms with Gasteiger partial charge in [-0.15, -0.1) is 11.3 Å². The van der Waals surface area contributed by atoms with Gasteiger partial charge in [0.05, 0.1) is 30.0 Å². The zero-order valence-corrected chi connectivity index (χ0v) is 15.6. The summed E-state index contributed by atoms with van der Waals surface area (Å²) in [7, 11) is 0. The molecule has 0 aliphatic carbocycles. The first kappa shape index (κ1) is 18.0. The Hall–Kier alpha value is -1.83. The molecule has 0 unspecified atom stereocenters. The number of rotatable bonds is 5. The highest BCUT2D eigenvalue weighted by Crippen LogP contribution is 2.28. The molecule has 134 valence electrons. The van der Waals surface area contributed by atoms with E-state index in [1.807, 2.05) is 24.4 Å². The summed E-state index contributed by atoms with van der Waals surface area (Å²) in [5.74, 6) is 0. The number of urea groups is 1. The van der Waals surface area contributed by atoms with Crippen LogP contribution < -0.4 is 15.5 Å². The first-order valence-electron chi connectivity index (χ1n) is 8.26. The zero-order chi connectivity index (χ0) is 17.6. The number of hydrogen-bond donors (Lipinski definition) is 2. The van der Waals surface area contributed by atoms with Gasteiger partial charge in [-0.1, -0.05) is 18.5 Å². The van der Waals surface area contributed by atoms with Crippen molar-refractivity contribution in [3.05, 3.63) is 39.8 Å². The fourth-order valence-electron chi connectivity index (χ4n) is 2.69. The molecule has 6 nitrogen and oxygen atoms in total. The van der Waals surface area contributed by atoms with E-state index in [4.69, 9.17) is 16.3 Å². The SMILES string of the molecule is CC[C@H](NC(=O)Nc1cc(N2CCOCC2)ccc1Cl)c1nccs1. The largest absolute Gasteiger partial charge is 0.378 e. The van der Waals surface area contributed by atoms with E-state index in [1.165, 1.54) is 11.3 Å². The number of carbonyl (C=O) groups is 1. The maximum Gasteiger partial charge on any atom is 0.319 e. The number of aromatic nitrogens is 1. The summed E-state index contributed by atoms with van der Waals surface area (Å²) in [4.78, 5) is 18.9. The Morgan fingerprint density at radius 2 is 2.24 bits per heavy atom. The molecule has 8 heteroatoms. The minimum Gasteiger partial charge on any atom is -0.378 e. The molecule has 2 aromatic rings. The lowest BCUT2D eigenvalue weighted by atomic mass is 10.2. The Morgan fingerprint density at radius 1 is 1.44 bits per heavy atom. The number of thiazole rings is 1. The Bertz CT molecular complexity index is 705. The maximum absolute atomic E-state index is 12.4. The van der Waals surface area contributed by atoms with Crippen LogP contribution in [-0.2, 0) is 4.74 Å². The Morgan fingerprint density at radius 3 is 2.92 bits per heavy atom. The molecule has 1 aromatic carbocycles. The quantitative estimate of drug-likeness (QED) is 0.825. The minimum absolute atomic E-state index is 0.110. The van der Waals surface area contributed by atoms with Crippen molar-refractivity contribution < 1.29 is 9.53 Å². The normalized spacial score (nSPS) is 15.7. The molecular formula is C17H21ClN4O2S. The van der Waals surface area contributed by atoms with Crippen LogP contribution in [0.3, 0.4) is 0 Å². The van der Waals surface area contributed by atoms with Gasteiger partial charge < -0.3 is 20.3 Å². The molecule has 0 bridgehead atoms. The second kappa shape index (κ2) is 8.51. The summed E-state index contributed by atoms with van der Waals surface area (Å²) < 4.78 is 5.38. The number of benzene rings is 1. The van der Waals surface area contributed by atoms with E-state index in [0.717, 1.165) is 30.2 Å². The van der Waals surface area contributed by atoms with Crippen LogP contribution in [0.4, 0.5) is 16.2 Å². The number of nitrogens with one attached hydrogen (secondary N) is 2. The van der Waals surface area contributed by atoms with Crippen LogP contribution in [0.25, 0.3) is 0 Å². The van der Waals surface area contributed by atoms with Gasteiger partial charge in [-0.3, -0.25) is 0 Å². The highest BCUT2D eigenvalue weighted by Gasteiger charge is 2.17. The van der Waals surface area contributed by atoms with E-state index in [-0.39, 0.29) is 12.1 Å². The van der Waals surface area contributed by atoms with Gasteiger partial charge in [-0.05, 0) is 24.6 Å². The summed E-state index contributed by atoms with van der Waals surface area (Å²) >= 11 is 7.78. The van der Waals surface area contributed by atoms with Crippen LogP contribution in [0.15, 0.2) is 29.8 Å². The van der Waals surface area contributed by atoms with Gasteiger partial charge in [-0.2, -0.15) is 0 Å². The number of morpholine rings is 1. The third-order valence-electron chi connectivity index (χ3n) is 4.04. The van der Waals surface area contributed by atoms with Gasteiger partial charge in [0.25, 0.3) is 0 Å². The number of hydrogen-bond acceptors (Lipinski definition) is 5. The predicted octanol–water partition coefficient (Wildman–Crippen LogP) is 3.91. The maximum atomic E-state index is 12.4. The van der Waals surface area contributed by atoms with Crippen molar-refractivity contribution in [2.45, 2.75) is 19.4 Å². The highest BCUT2D eigenvalue weighted by atomic mass is 35.5. The summed E-state index contributed by atoms with van der Waals surface area (Å²) in [5.41, 5.74) is 1.62. The standard InChI is InChI=1S/C17H21ClN4O2S/c1-2-14(16-19-5-10-25-16)20-17(23)21-15-11-12(3-4-13(15)18)22-6-8-24-9-7-22/h3-5,10-11,14H,2,6-9H2,1H3,(H2,20,21,23)/t14-/m0/s1. The summed E-state index contributed by atoms with van der Waals surface area (Å²) in [5, 5.41) is 9.11. The lowest BCUT2D eigenvalue weighted by Gasteiger charge is -2.29. The van der Waals surface area contributed by atoms with Crippen LogP contribution in [0.1, 0.15) is 24.4 Å². The van der Waals surface area contributed by atoms with Gasteiger partial charge >= 0.3 is 6.03 Å². The van der Waals surface area contributed by atoms with E-state index in [1.54, 1.807) is 12.3 Å². The lowest BCUT2D eigenvalue weighted by Crippen LogP contribution is -2.36. The smallest absolute Gasteiger partial charge is 0.319 e. The fourth-order valence-corrected chi connectivity index (χ4v) is 3.63. The van der Waals surface area contributed by atoms with E-state index >= 15 is 0 Å². The molecule has 25 heavy (non-hydrogen) atoms. The van der Waals surface area contributed by atoms with Crippen molar-refractivity contribution in [2.75, 3.05) is 36.5 Å². The van der Waals surface area contributed by atoms with Crippen molar-refractivity contribution >= 4 is 40.3 Å². The molecule has 2 amide bonds. The molecule has 1 saturated heterocycles. The second-order valence-electron chi connectivity index (χ2n) is 5.69. The van der Waals surface area contributed by atoms with Crippen molar-refractivity contribution in [2.24, 2.45) is 0 Å². The summed E-state index contributed by atoms with van der Waals surface area (Å²) in [6.45, 7) is 5.08. The number of ether oxygens (including phenoxy) is 1. The second-order valence-corrected chi connectivity index (χ2v) is 7.03. The molecule has 2 N–H and O–H groups in total. The van der Waals surface area contributed by atoms with Crippen LogP contribution in [-0.4, -0.2) is 37.3 Å². The summed E-state index contributed by atoms with van der Waals surface area (Å²) in [6, 6.07) is 5.27. The van der Waals surface area contributed by atoms with Crippen LogP contribution in [0.2, 0.25) is 5.02 Å². The molecule has 0 saturated carbocycles. The Kier molecular flexibility index (Phi) is 6.12. The first-order chi connectivity index (χ1) is 12.2. The van der Waals surface area contributed by atoms with Crippen molar-refractivity contribution in [3.8, 4) is 0 Å². The topological polar surface area (TPSA) is 66.5 Å². The Labute approximate surface area is 156 Å². The van der Waals surface area contributed by atoms with Crippen molar-refractivity contribution in [3.63, 3.8) is 0 Å². The van der Waals surface area contributed by atoms with E-state index < -0.39 is 0 Å². The molecule has 1 aliphatic heterocycles. The molecule has 1 aromatic heterocycles. The van der Waals surface area contributed by atoms with Gasteiger partial charge in [-0.25, -0.2) is 9.78 Å². The van der Waals surface area contributed by atoms with Crippen LogP contribution >= 0.6 is 22.9 Å². The van der Waals surface area contributed by atoms with Crippen LogP contribution in [0, 0.1) is 0 Å². The van der Waals surface area contributed by atoms with Crippen molar-refractivity contribution in [1.29, 1.82) is 0 Å². The number of nitrogens with zero attached hydrogens (tertiary/aromatic N) is 2. The molecule has 3 rings (SSSR count). The lowest BCUT2D eigenvalue weighted by molar-refractivity contribution is 0.122. The van der Waals surface area contributed by atoms with E-state index in [9.17, 15) is 4.79 Å². The third kappa shape index (κ3) is 4.62. The average molecular weight is 381 g/mol. The van der Waals surface area contributed by atoms with Gasteiger partial charge in [0.15, 0.2) is 0 Å². The number of amides is 2. The number of halogens is 1. The Balaban J connectivity index is 1.67. The molecule has 1 atom stereocenters. The zero-order valence-electron chi connectivity index (χ0n) is 14.0. The average Bonchev–Trinajstić information content (AvgIpc) is 3.17. The molecule has 1 aliphatic rings. The monoisotopic (exact) mass is 380 g/mol. The number of carbonyl (C=O) groups excluding carboxylic acids is 1. The summed E-state index contributed by atoms with van der Waals surface area (Å²) in [6.07, 6.45) is 2.51. The van der Waals surface area contributed by atoms with Gasteiger partial charge in [0.2, 0.25) is 0 Å². The predicted molar refractivity (Wildman–Crippen MR) is 102 cm³/mol. The van der Waals surface area contributed by atoms with Gasteiger partial charge in [0, 0.05) is 30.4 Å². The van der Waals surface area contributed by atoms with Crippen LogP contribution in [0.5, 0.6) is 0 Å². The third-order valence-corrected chi connectivity index (χ3v) is 5.26. The highest BCUT2D eigenvalue weighted by molar-refractivity contribution is 7.09. The van der Waals surface area contributed by atoms with Gasteiger partial charge in [0.1, 0.15) is 5.01 Å². The van der Waals surface area contributed by atoms with E-state index in [0.29, 0.717) is 23.9 Å². The first-order valence-corrected chi connectivity index (χ1v) is 9.52. The van der Waals surface area contributed by atoms with Crippen molar-refractivity contribution in [1.82, 2.24) is 10.3 Å². The molecule has 2 heterocycles. The fraction of sp³-hybridized carbons (Fsp3) is 0.412. The number of anilines is 2. The van der Waals surface area contributed by atoms with E-state index in [2.05, 4.69) is 20.5 Å². The molecule has 0 radical (unpaired) electrons. The molecule has 1 fully saturated rings. The molecular weight excluding hydrogens is 360 g/mol.